The minimum absolute atomic E-state index is 0.385. The maximum atomic E-state index is 4.73. The summed E-state index contributed by atoms with van der Waals surface area (Å²) in [6, 6.07) is 0.557. The van der Waals surface area contributed by atoms with Gasteiger partial charge in [0, 0.05) is 5.75 Å². The second kappa shape index (κ2) is 4.04. The standard InChI is InChI=1S/C11H21NS/c1-8(11(3,4)5)10-6-7-13-9(2)12-10/h8,10H,6-7H2,1-5H3. The van der Waals surface area contributed by atoms with Crippen LogP contribution in [0.25, 0.3) is 0 Å². The predicted octanol–water partition coefficient (Wildman–Crippen LogP) is 3.59. The van der Waals surface area contributed by atoms with Crippen LogP contribution < -0.4 is 0 Å². The topological polar surface area (TPSA) is 12.4 Å². The van der Waals surface area contributed by atoms with Crippen molar-refractivity contribution in [2.75, 3.05) is 5.75 Å². The van der Waals surface area contributed by atoms with E-state index in [1.54, 1.807) is 0 Å². The van der Waals surface area contributed by atoms with Gasteiger partial charge in [0.25, 0.3) is 0 Å². The highest BCUT2D eigenvalue weighted by atomic mass is 32.2. The Balaban J connectivity index is 2.67. The quantitative estimate of drug-likeness (QED) is 0.628. The highest BCUT2D eigenvalue weighted by molar-refractivity contribution is 8.13. The van der Waals surface area contributed by atoms with Crippen LogP contribution in [0.1, 0.15) is 41.0 Å². The fourth-order valence-corrected chi connectivity index (χ4v) is 2.47. The second-order valence-corrected chi connectivity index (χ2v) is 6.30. The summed E-state index contributed by atoms with van der Waals surface area (Å²) in [5.74, 6) is 1.93. The molecule has 0 aromatic rings. The van der Waals surface area contributed by atoms with Crippen molar-refractivity contribution in [3.8, 4) is 0 Å². The second-order valence-electron chi connectivity index (χ2n) is 5.01. The van der Waals surface area contributed by atoms with Gasteiger partial charge in [-0.3, -0.25) is 4.99 Å². The summed E-state index contributed by atoms with van der Waals surface area (Å²) in [6.07, 6.45) is 1.25. The molecule has 0 aliphatic carbocycles. The van der Waals surface area contributed by atoms with E-state index < -0.39 is 0 Å². The van der Waals surface area contributed by atoms with Crippen molar-refractivity contribution in [2.24, 2.45) is 16.3 Å². The lowest BCUT2D eigenvalue weighted by Gasteiger charge is -2.34. The average Bonchev–Trinajstić information content (AvgIpc) is 2.01. The van der Waals surface area contributed by atoms with Crippen molar-refractivity contribution in [2.45, 2.75) is 47.1 Å². The SMILES string of the molecule is CC1=NC(C(C)C(C)(C)C)CCS1. The molecular weight excluding hydrogens is 178 g/mol. The van der Waals surface area contributed by atoms with Crippen molar-refractivity contribution >= 4 is 16.8 Å². The Hall–Kier alpha value is 0.0200. The van der Waals surface area contributed by atoms with Crippen LogP contribution in [0.5, 0.6) is 0 Å². The molecule has 1 aliphatic rings. The molecule has 0 saturated heterocycles. The highest BCUT2D eigenvalue weighted by Crippen LogP contribution is 2.33. The molecule has 0 fully saturated rings. The monoisotopic (exact) mass is 199 g/mol. The third-order valence-electron chi connectivity index (χ3n) is 3.02. The van der Waals surface area contributed by atoms with Crippen LogP contribution in [0.4, 0.5) is 0 Å². The molecule has 0 N–H and O–H groups in total. The van der Waals surface area contributed by atoms with Gasteiger partial charge in [-0.15, -0.1) is 11.8 Å². The van der Waals surface area contributed by atoms with E-state index in [4.69, 9.17) is 4.99 Å². The zero-order valence-corrected chi connectivity index (χ0v) is 10.2. The molecule has 0 spiro atoms. The van der Waals surface area contributed by atoms with Crippen molar-refractivity contribution in [1.82, 2.24) is 0 Å². The van der Waals surface area contributed by atoms with Crippen LogP contribution in [-0.2, 0) is 0 Å². The molecule has 2 atom stereocenters. The molecule has 1 aliphatic heterocycles. The van der Waals surface area contributed by atoms with Gasteiger partial charge in [0.1, 0.15) is 0 Å². The largest absolute Gasteiger partial charge is 0.280 e. The van der Waals surface area contributed by atoms with Crippen LogP contribution in [-0.4, -0.2) is 16.8 Å². The van der Waals surface area contributed by atoms with E-state index in [1.807, 2.05) is 11.8 Å². The Morgan fingerprint density at radius 2 is 2.08 bits per heavy atom. The van der Waals surface area contributed by atoms with Crippen molar-refractivity contribution in [3.63, 3.8) is 0 Å². The number of hydrogen-bond donors (Lipinski definition) is 0. The molecule has 1 nitrogen and oxygen atoms in total. The Morgan fingerprint density at radius 3 is 2.54 bits per heavy atom. The van der Waals surface area contributed by atoms with Gasteiger partial charge in [-0.2, -0.15) is 0 Å². The molecule has 1 heterocycles. The lowest BCUT2D eigenvalue weighted by molar-refractivity contribution is 0.219. The third kappa shape index (κ3) is 3.01. The normalized spacial score (nSPS) is 26.8. The number of hydrogen-bond acceptors (Lipinski definition) is 2. The van der Waals surface area contributed by atoms with Gasteiger partial charge < -0.3 is 0 Å². The Kier molecular flexibility index (Phi) is 3.44. The van der Waals surface area contributed by atoms with Crippen LogP contribution in [0.2, 0.25) is 0 Å². The summed E-state index contributed by atoms with van der Waals surface area (Å²) in [6.45, 7) is 11.4. The highest BCUT2D eigenvalue weighted by Gasteiger charge is 2.29. The lowest BCUT2D eigenvalue weighted by atomic mass is 9.77. The maximum Gasteiger partial charge on any atom is 0.0648 e. The first-order chi connectivity index (χ1) is 5.91. The van der Waals surface area contributed by atoms with E-state index in [0.717, 1.165) is 0 Å². The number of nitrogens with zero attached hydrogens (tertiary/aromatic N) is 1. The van der Waals surface area contributed by atoms with Gasteiger partial charge in [-0.1, -0.05) is 27.7 Å². The van der Waals surface area contributed by atoms with E-state index in [-0.39, 0.29) is 0 Å². The lowest BCUT2D eigenvalue weighted by Crippen LogP contribution is -2.31. The summed E-state index contributed by atoms with van der Waals surface area (Å²) < 4.78 is 0. The first-order valence-corrected chi connectivity index (χ1v) is 6.07. The zero-order valence-electron chi connectivity index (χ0n) is 9.42. The number of thioether (sulfide) groups is 1. The van der Waals surface area contributed by atoms with Crippen molar-refractivity contribution in [1.29, 1.82) is 0 Å². The zero-order chi connectivity index (χ0) is 10.1. The molecule has 76 valence electrons. The summed E-state index contributed by atoms with van der Waals surface area (Å²) in [4.78, 5) is 4.73. The van der Waals surface area contributed by atoms with Crippen LogP contribution in [0.15, 0.2) is 4.99 Å². The number of rotatable bonds is 1. The molecule has 1 rings (SSSR count). The summed E-state index contributed by atoms with van der Waals surface area (Å²) in [5, 5.41) is 1.27. The van der Waals surface area contributed by atoms with Gasteiger partial charge in [-0.05, 0) is 24.7 Å². The van der Waals surface area contributed by atoms with Crippen LogP contribution in [0.3, 0.4) is 0 Å². The van der Waals surface area contributed by atoms with Crippen LogP contribution >= 0.6 is 11.8 Å². The molecule has 0 aromatic heterocycles. The van der Waals surface area contributed by atoms with E-state index in [1.165, 1.54) is 17.2 Å². The molecule has 2 unspecified atom stereocenters. The molecule has 0 bridgehead atoms. The smallest absolute Gasteiger partial charge is 0.0648 e. The van der Waals surface area contributed by atoms with Crippen molar-refractivity contribution in [3.05, 3.63) is 0 Å². The molecule has 13 heavy (non-hydrogen) atoms. The fraction of sp³-hybridized carbons (Fsp3) is 0.909. The molecule has 0 radical (unpaired) electrons. The van der Waals surface area contributed by atoms with E-state index in [9.17, 15) is 0 Å². The molecule has 0 amide bonds. The van der Waals surface area contributed by atoms with E-state index >= 15 is 0 Å². The fourth-order valence-electron chi connectivity index (χ4n) is 1.60. The summed E-state index contributed by atoms with van der Waals surface area (Å²) >= 11 is 1.90. The van der Waals surface area contributed by atoms with Gasteiger partial charge >= 0.3 is 0 Å². The molecule has 0 aromatic carbocycles. The summed E-state index contributed by atoms with van der Waals surface area (Å²) in [5.41, 5.74) is 0.385. The van der Waals surface area contributed by atoms with Crippen LogP contribution in [0, 0.1) is 11.3 Å². The first kappa shape index (κ1) is 11.1. The Morgan fingerprint density at radius 1 is 1.46 bits per heavy atom. The van der Waals surface area contributed by atoms with Crippen molar-refractivity contribution < 1.29 is 0 Å². The van der Waals surface area contributed by atoms with E-state index in [0.29, 0.717) is 17.4 Å². The molecule has 0 saturated carbocycles. The summed E-state index contributed by atoms with van der Waals surface area (Å²) in [7, 11) is 0. The van der Waals surface area contributed by atoms with Gasteiger partial charge in [0.15, 0.2) is 0 Å². The Bertz CT molecular complexity index is 203. The minimum atomic E-state index is 0.385. The predicted molar refractivity (Wildman–Crippen MR) is 62.6 cm³/mol. The average molecular weight is 199 g/mol. The third-order valence-corrected chi connectivity index (χ3v) is 3.98. The van der Waals surface area contributed by atoms with Gasteiger partial charge in [0.05, 0.1) is 11.1 Å². The number of aliphatic imine (C=N–C) groups is 1. The van der Waals surface area contributed by atoms with E-state index in [2.05, 4.69) is 34.6 Å². The first-order valence-electron chi connectivity index (χ1n) is 5.08. The molecular formula is C11H21NS. The maximum absolute atomic E-state index is 4.73. The van der Waals surface area contributed by atoms with Gasteiger partial charge in [-0.25, -0.2) is 0 Å². The molecule has 2 heteroatoms. The minimum Gasteiger partial charge on any atom is -0.280 e. The Labute approximate surface area is 86.4 Å². The van der Waals surface area contributed by atoms with Gasteiger partial charge in [0.2, 0.25) is 0 Å².